The fraction of sp³-hybridized carbons (Fsp3) is 0.400. The van der Waals surface area contributed by atoms with Gasteiger partial charge in [0.1, 0.15) is 19.0 Å². The largest absolute Gasteiger partial charge is 0.490 e. The van der Waals surface area contributed by atoms with Crippen LogP contribution in [0, 0.1) is 13.8 Å². The fourth-order valence-corrected chi connectivity index (χ4v) is 2.37. The SMILES string of the molecule is CCOc1cc(CNC)ccc1OCCOc1ccc(C)c(C)c1. The summed E-state index contributed by atoms with van der Waals surface area (Å²) in [5.41, 5.74) is 3.66. The van der Waals surface area contributed by atoms with Crippen LogP contribution < -0.4 is 19.5 Å². The molecule has 2 aromatic carbocycles. The topological polar surface area (TPSA) is 39.7 Å². The number of rotatable bonds is 9. The second-order valence-electron chi connectivity index (χ2n) is 5.69. The van der Waals surface area contributed by atoms with Crippen molar-refractivity contribution in [2.45, 2.75) is 27.3 Å². The van der Waals surface area contributed by atoms with Crippen LogP contribution in [-0.4, -0.2) is 26.9 Å². The van der Waals surface area contributed by atoms with Gasteiger partial charge in [0.2, 0.25) is 0 Å². The molecule has 0 aromatic heterocycles. The maximum atomic E-state index is 5.83. The monoisotopic (exact) mass is 329 g/mol. The molecule has 0 amide bonds. The minimum Gasteiger partial charge on any atom is -0.490 e. The number of aryl methyl sites for hydroxylation is 2. The molecule has 0 aliphatic carbocycles. The van der Waals surface area contributed by atoms with Crippen molar-refractivity contribution in [1.82, 2.24) is 5.32 Å². The van der Waals surface area contributed by atoms with E-state index in [0.29, 0.717) is 19.8 Å². The number of hydrogen-bond acceptors (Lipinski definition) is 4. The van der Waals surface area contributed by atoms with Gasteiger partial charge in [0.15, 0.2) is 11.5 Å². The fourth-order valence-electron chi connectivity index (χ4n) is 2.37. The van der Waals surface area contributed by atoms with E-state index < -0.39 is 0 Å². The maximum absolute atomic E-state index is 5.83. The highest BCUT2D eigenvalue weighted by atomic mass is 16.5. The first-order valence-corrected chi connectivity index (χ1v) is 8.37. The zero-order valence-corrected chi connectivity index (χ0v) is 15.0. The quantitative estimate of drug-likeness (QED) is 0.709. The van der Waals surface area contributed by atoms with Crippen LogP contribution in [0.4, 0.5) is 0 Å². The Bertz CT molecular complexity index is 655. The van der Waals surface area contributed by atoms with E-state index in [1.807, 2.05) is 44.3 Å². The Kier molecular flexibility index (Phi) is 6.94. The lowest BCUT2D eigenvalue weighted by molar-refractivity contribution is 0.208. The molecule has 1 N–H and O–H groups in total. The van der Waals surface area contributed by atoms with E-state index in [-0.39, 0.29) is 0 Å². The lowest BCUT2D eigenvalue weighted by atomic mass is 10.1. The van der Waals surface area contributed by atoms with Crippen LogP contribution in [0.15, 0.2) is 36.4 Å². The molecule has 0 radical (unpaired) electrons. The van der Waals surface area contributed by atoms with Crippen molar-refractivity contribution < 1.29 is 14.2 Å². The molecule has 0 atom stereocenters. The molecule has 4 nitrogen and oxygen atoms in total. The molecule has 0 saturated heterocycles. The maximum Gasteiger partial charge on any atom is 0.161 e. The van der Waals surface area contributed by atoms with E-state index in [9.17, 15) is 0 Å². The van der Waals surface area contributed by atoms with Crippen molar-refractivity contribution in [3.8, 4) is 17.2 Å². The van der Waals surface area contributed by atoms with Crippen molar-refractivity contribution in [2.24, 2.45) is 0 Å². The van der Waals surface area contributed by atoms with Crippen molar-refractivity contribution >= 4 is 0 Å². The van der Waals surface area contributed by atoms with Gasteiger partial charge in [-0.1, -0.05) is 12.1 Å². The summed E-state index contributed by atoms with van der Waals surface area (Å²) < 4.78 is 17.3. The molecule has 2 rings (SSSR count). The summed E-state index contributed by atoms with van der Waals surface area (Å²) in [7, 11) is 1.93. The summed E-state index contributed by atoms with van der Waals surface area (Å²) in [5.74, 6) is 2.40. The van der Waals surface area contributed by atoms with Gasteiger partial charge in [-0.2, -0.15) is 0 Å². The third-order valence-corrected chi connectivity index (χ3v) is 3.78. The summed E-state index contributed by atoms with van der Waals surface area (Å²) >= 11 is 0. The molecule has 0 aliphatic heterocycles. The van der Waals surface area contributed by atoms with Crippen LogP contribution in [0.25, 0.3) is 0 Å². The zero-order valence-electron chi connectivity index (χ0n) is 15.0. The van der Waals surface area contributed by atoms with Gasteiger partial charge in [-0.3, -0.25) is 0 Å². The Morgan fingerprint density at radius 1 is 0.833 bits per heavy atom. The van der Waals surface area contributed by atoms with Crippen molar-refractivity contribution in [1.29, 1.82) is 0 Å². The van der Waals surface area contributed by atoms with Crippen LogP contribution in [-0.2, 0) is 6.54 Å². The number of benzene rings is 2. The van der Waals surface area contributed by atoms with Crippen molar-refractivity contribution in [3.63, 3.8) is 0 Å². The Hall–Kier alpha value is -2.20. The number of nitrogens with one attached hydrogen (secondary N) is 1. The van der Waals surface area contributed by atoms with Gasteiger partial charge in [-0.05, 0) is 68.8 Å². The van der Waals surface area contributed by atoms with Gasteiger partial charge in [-0.15, -0.1) is 0 Å². The Morgan fingerprint density at radius 3 is 2.33 bits per heavy atom. The van der Waals surface area contributed by atoms with Crippen LogP contribution in [0.2, 0.25) is 0 Å². The minimum absolute atomic E-state index is 0.471. The van der Waals surface area contributed by atoms with Gasteiger partial charge in [0.05, 0.1) is 6.61 Å². The zero-order chi connectivity index (χ0) is 17.4. The van der Waals surface area contributed by atoms with Crippen LogP contribution >= 0.6 is 0 Å². The molecule has 0 heterocycles. The highest BCUT2D eigenvalue weighted by molar-refractivity contribution is 5.43. The smallest absolute Gasteiger partial charge is 0.161 e. The molecule has 4 heteroatoms. The lowest BCUT2D eigenvalue weighted by Gasteiger charge is -2.14. The van der Waals surface area contributed by atoms with Crippen LogP contribution in [0.1, 0.15) is 23.6 Å². The average molecular weight is 329 g/mol. The predicted octanol–water partition coefficient (Wildman–Crippen LogP) is 3.88. The summed E-state index contributed by atoms with van der Waals surface area (Å²) in [6.45, 7) is 8.52. The molecule has 24 heavy (non-hydrogen) atoms. The first-order valence-electron chi connectivity index (χ1n) is 8.37. The van der Waals surface area contributed by atoms with E-state index in [2.05, 4.69) is 25.2 Å². The molecule has 0 aliphatic rings. The highest BCUT2D eigenvalue weighted by Crippen LogP contribution is 2.28. The van der Waals surface area contributed by atoms with E-state index in [4.69, 9.17) is 14.2 Å². The summed E-state index contributed by atoms with van der Waals surface area (Å²) in [6, 6.07) is 12.1. The molecular formula is C20H27NO3. The minimum atomic E-state index is 0.471. The lowest BCUT2D eigenvalue weighted by Crippen LogP contribution is -2.10. The first-order chi connectivity index (χ1) is 11.6. The summed E-state index contributed by atoms with van der Waals surface area (Å²) in [5, 5.41) is 3.14. The van der Waals surface area contributed by atoms with Gasteiger partial charge in [0.25, 0.3) is 0 Å². The van der Waals surface area contributed by atoms with Crippen LogP contribution in [0.3, 0.4) is 0 Å². The van der Waals surface area contributed by atoms with Crippen LogP contribution in [0.5, 0.6) is 17.2 Å². The van der Waals surface area contributed by atoms with Crippen molar-refractivity contribution in [2.75, 3.05) is 26.9 Å². The molecule has 2 aromatic rings. The first kappa shape index (κ1) is 18.1. The Balaban J connectivity index is 1.89. The normalized spacial score (nSPS) is 10.5. The third-order valence-electron chi connectivity index (χ3n) is 3.78. The molecule has 0 saturated carbocycles. The van der Waals surface area contributed by atoms with Gasteiger partial charge in [0, 0.05) is 6.54 Å². The standard InChI is InChI=1S/C20H27NO3/c1-5-22-20-13-17(14-21-4)7-9-19(20)24-11-10-23-18-8-6-15(2)16(3)12-18/h6-9,12-13,21H,5,10-11,14H2,1-4H3. The molecule has 0 bridgehead atoms. The van der Waals surface area contributed by atoms with E-state index in [1.54, 1.807) is 0 Å². The predicted molar refractivity (Wildman–Crippen MR) is 97.3 cm³/mol. The van der Waals surface area contributed by atoms with E-state index in [0.717, 1.165) is 23.8 Å². The van der Waals surface area contributed by atoms with Crippen molar-refractivity contribution in [3.05, 3.63) is 53.1 Å². The Labute approximate surface area is 144 Å². The Morgan fingerprint density at radius 2 is 1.62 bits per heavy atom. The molecule has 130 valence electrons. The molecule has 0 unspecified atom stereocenters. The molecule has 0 spiro atoms. The second kappa shape index (κ2) is 9.18. The number of hydrogen-bond donors (Lipinski definition) is 1. The number of ether oxygens (including phenoxy) is 3. The highest BCUT2D eigenvalue weighted by Gasteiger charge is 2.07. The summed E-state index contributed by atoms with van der Waals surface area (Å²) in [6.07, 6.45) is 0. The van der Waals surface area contributed by atoms with E-state index >= 15 is 0 Å². The van der Waals surface area contributed by atoms with Gasteiger partial charge >= 0.3 is 0 Å². The average Bonchev–Trinajstić information content (AvgIpc) is 2.57. The second-order valence-corrected chi connectivity index (χ2v) is 5.69. The third kappa shape index (κ3) is 5.17. The van der Waals surface area contributed by atoms with E-state index in [1.165, 1.54) is 16.7 Å². The van der Waals surface area contributed by atoms with Gasteiger partial charge in [-0.25, -0.2) is 0 Å². The molecular weight excluding hydrogens is 302 g/mol. The summed E-state index contributed by atoms with van der Waals surface area (Å²) in [4.78, 5) is 0. The van der Waals surface area contributed by atoms with Gasteiger partial charge < -0.3 is 19.5 Å². The molecule has 0 fully saturated rings.